The number of aliphatic hydroxyl groups excluding tert-OH is 1. The van der Waals surface area contributed by atoms with Gasteiger partial charge in [-0.1, -0.05) is 57.2 Å². The van der Waals surface area contributed by atoms with Crippen LogP contribution in [0.2, 0.25) is 19.6 Å². The van der Waals surface area contributed by atoms with Crippen LogP contribution in [-0.4, -0.2) is 35.1 Å². The van der Waals surface area contributed by atoms with Crippen LogP contribution in [0.15, 0.2) is 54.6 Å². The van der Waals surface area contributed by atoms with Crippen molar-refractivity contribution < 1.29 is 34.1 Å². The molecular formula is C23H40Cl2NO2SiZr-3. The summed E-state index contributed by atoms with van der Waals surface area (Å²) >= 11 is 1.30. The number of hydrogen-bond acceptors (Lipinski definition) is 2. The van der Waals surface area contributed by atoms with E-state index < -0.39 is 8.32 Å². The van der Waals surface area contributed by atoms with Crippen LogP contribution < -0.4 is 0 Å². The van der Waals surface area contributed by atoms with E-state index in [-0.39, 0.29) is 37.8 Å². The fraction of sp³-hybridized carbons (Fsp3) is 0.348. The second kappa shape index (κ2) is 20.6. The Labute approximate surface area is 212 Å². The van der Waals surface area contributed by atoms with Crippen LogP contribution in [0.3, 0.4) is 0 Å². The Morgan fingerprint density at radius 2 is 1.03 bits per heavy atom. The van der Waals surface area contributed by atoms with Gasteiger partial charge in [0.1, 0.15) is 0 Å². The smallest absolute Gasteiger partial charge is 0.0771 e. The Balaban J connectivity index is -0.000000106. The summed E-state index contributed by atoms with van der Waals surface area (Å²) in [6.45, 7) is 11.2. The largest absolute Gasteiger partial charge is 0.358 e. The van der Waals surface area contributed by atoms with Gasteiger partial charge in [0.2, 0.25) is 0 Å². The van der Waals surface area contributed by atoms with Gasteiger partial charge in [-0.2, -0.15) is 0 Å². The molecule has 0 bridgehead atoms. The predicted molar refractivity (Wildman–Crippen MR) is 143 cm³/mol. The molecule has 0 amide bonds. The van der Waals surface area contributed by atoms with Crippen molar-refractivity contribution >= 4 is 58.9 Å². The molecule has 0 aliphatic rings. The zero-order valence-electron chi connectivity index (χ0n) is 19.6. The maximum Gasteiger partial charge on any atom is -0.0771 e. The first kappa shape index (κ1) is 40.1. The zero-order chi connectivity index (χ0) is 21.7. The molecule has 3 N–H and O–H groups in total. The van der Waals surface area contributed by atoms with Crippen LogP contribution in [0.25, 0.3) is 27.3 Å². The van der Waals surface area contributed by atoms with Gasteiger partial charge in [-0.25, -0.2) is 0 Å². The molecule has 174 valence electrons. The van der Waals surface area contributed by atoms with E-state index in [2.05, 4.69) is 58.8 Å². The van der Waals surface area contributed by atoms with E-state index in [1.807, 2.05) is 40.4 Å². The SMILES string of the molecule is CC(C)(C)[NH-].CO.C[Si](C)(C)O.Cl.Cl.[CH2]=[Zr].[CH3-].c1ccc2c(c1)[cH-]c1ccccc12. The monoisotopic (exact) mass is 550 g/mol. The Morgan fingerprint density at radius 1 is 0.833 bits per heavy atom. The molecule has 0 atom stereocenters. The molecular weight excluding hydrogens is 512 g/mol. The minimum absolute atomic E-state index is 0. The number of halogens is 2. The van der Waals surface area contributed by atoms with Gasteiger partial charge in [0.25, 0.3) is 0 Å². The van der Waals surface area contributed by atoms with E-state index in [4.69, 9.17) is 15.6 Å². The summed E-state index contributed by atoms with van der Waals surface area (Å²) in [5.41, 5.74) is 6.69. The summed E-state index contributed by atoms with van der Waals surface area (Å²) in [6.07, 6.45) is 0. The van der Waals surface area contributed by atoms with E-state index >= 15 is 0 Å². The first-order valence-electron chi connectivity index (χ1n) is 8.76. The summed E-state index contributed by atoms with van der Waals surface area (Å²) in [7, 11) is -0.611. The normalized spacial score (nSPS) is 9.10. The topological polar surface area (TPSA) is 64.3 Å². The predicted octanol–water partition coefficient (Wildman–Crippen LogP) is 7.23. The molecule has 3 aromatic carbocycles. The summed E-state index contributed by atoms with van der Waals surface area (Å²) in [5.74, 6) is 0. The van der Waals surface area contributed by atoms with Crippen LogP contribution in [0, 0.1) is 7.43 Å². The molecule has 0 saturated heterocycles. The van der Waals surface area contributed by atoms with E-state index in [1.54, 1.807) is 0 Å². The maximum absolute atomic E-state index is 8.66. The molecule has 3 rings (SSSR count). The maximum atomic E-state index is 8.66. The molecule has 30 heavy (non-hydrogen) atoms. The second-order valence-corrected chi connectivity index (χ2v) is 12.1. The van der Waals surface area contributed by atoms with Gasteiger partial charge in [0, 0.05) is 7.11 Å². The quantitative estimate of drug-likeness (QED) is 0.228. The Bertz CT molecular complexity index is 695. The average molecular weight is 553 g/mol. The molecule has 3 nitrogen and oxygen atoms in total. The third-order valence-electron chi connectivity index (χ3n) is 2.52. The average Bonchev–Trinajstić information content (AvgIpc) is 2.94. The number of fused-ring (bicyclic) bond motifs is 3. The molecule has 0 heterocycles. The summed E-state index contributed by atoms with van der Waals surface area (Å²) in [5, 5.41) is 12.4. The van der Waals surface area contributed by atoms with E-state index in [0.29, 0.717) is 0 Å². The van der Waals surface area contributed by atoms with Crippen molar-refractivity contribution in [2.75, 3.05) is 7.11 Å². The number of nitrogens with one attached hydrogen (secondary N) is 1. The molecule has 0 radical (unpaired) electrons. The molecule has 0 aromatic heterocycles. The third kappa shape index (κ3) is 22.4. The number of rotatable bonds is 0. The number of aliphatic hydroxyl groups is 1. The van der Waals surface area contributed by atoms with Crippen molar-refractivity contribution in [2.45, 2.75) is 46.0 Å². The molecule has 0 fully saturated rings. The molecule has 0 aliphatic carbocycles. The van der Waals surface area contributed by atoms with Gasteiger partial charge in [0.05, 0.1) is 0 Å². The number of benzene rings is 2. The first-order chi connectivity index (χ1) is 12.4. The summed E-state index contributed by atoms with van der Waals surface area (Å²) in [4.78, 5) is 8.66. The van der Waals surface area contributed by atoms with E-state index in [9.17, 15) is 0 Å². The van der Waals surface area contributed by atoms with Gasteiger partial charge in [-0.05, 0) is 19.6 Å². The minimum atomic E-state index is -1.61. The van der Waals surface area contributed by atoms with E-state index in [0.717, 1.165) is 7.11 Å². The Kier molecular flexibility index (Phi) is 27.6. The molecule has 0 unspecified atom stereocenters. The van der Waals surface area contributed by atoms with Gasteiger partial charge >= 0.3 is 28.4 Å². The molecule has 3 aromatic rings. The fourth-order valence-electron chi connectivity index (χ4n) is 1.90. The van der Waals surface area contributed by atoms with Gasteiger partial charge in [-0.3, -0.25) is 0 Å². The van der Waals surface area contributed by atoms with Crippen LogP contribution >= 0.6 is 24.8 Å². The van der Waals surface area contributed by atoms with Gasteiger partial charge < -0.3 is 23.1 Å². The van der Waals surface area contributed by atoms with Crippen LogP contribution in [0.1, 0.15) is 20.8 Å². The summed E-state index contributed by atoms with van der Waals surface area (Å²) in [6, 6.07) is 19.3. The first-order valence-corrected chi connectivity index (χ1v) is 13.9. The second-order valence-electron chi connectivity index (χ2n) is 7.74. The molecule has 7 heteroatoms. The Morgan fingerprint density at radius 3 is 1.27 bits per heavy atom. The van der Waals surface area contributed by atoms with Crippen molar-refractivity contribution in [3.05, 3.63) is 67.8 Å². The van der Waals surface area contributed by atoms with Gasteiger partial charge in [0.15, 0.2) is 8.32 Å². The summed E-state index contributed by atoms with van der Waals surface area (Å²) < 4.78 is 3.34. The fourth-order valence-corrected chi connectivity index (χ4v) is 1.90. The molecule has 0 saturated carbocycles. The number of hydrogen-bond donors (Lipinski definition) is 2. The van der Waals surface area contributed by atoms with Crippen molar-refractivity contribution in [3.63, 3.8) is 0 Å². The van der Waals surface area contributed by atoms with Crippen molar-refractivity contribution in [2.24, 2.45) is 0 Å². The zero-order valence-corrected chi connectivity index (χ0v) is 24.7. The van der Waals surface area contributed by atoms with Crippen molar-refractivity contribution in [1.82, 2.24) is 0 Å². The Hall–Kier alpha value is -0.260. The van der Waals surface area contributed by atoms with Crippen LogP contribution in [-0.2, 0) is 24.2 Å². The van der Waals surface area contributed by atoms with Gasteiger partial charge in [-0.15, -0.1) is 70.1 Å². The van der Waals surface area contributed by atoms with Crippen LogP contribution in [0.4, 0.5) is 0 Å². The third-order valence-corrected chi connectivity index (χ3v) is 2.52. The van der Waals surface area contributed by atoms with Crippen molar-refractivity contribution in [3.8, 4) is 0 Å². The molecule has 0 aliphatic heterocycles. The van der Waals surface area contributed by atoms with E-state index in [1.165, 1.54) is 45.8 Å². The standard InChI is InChI=1S/C13H9.C4H10N.C3H10OSi.CH4O.CH3.CH2.2ClH.Zr/c1-3-7-12-10(5-1)9-11-6-2-4-8-13(11)12;1-4(2,3)5;1-5(2,3)4;1-2;;;;;/h1-9H;5H,1-3H3;4H,1-3H3;2H,1H3;1H3;1H2;2*1H;/q2*-1;;;-1;;;;. The minimum Gasteiger partial charge on any atom is -0.358 e. The van der Waals surface area contributed by atoms with Crippen molar-refractivity contribution in [1.29, 1.82) is 0 Å². The molecule has 0 spiro atoms. The van der Waals surface area contributed by atoms with Crippen LogP contribution in [0.5, 0.6) is 0 Å².